The number of halogens is 1. The summed E-state index contributed by atoms with van der Waals surface area (Å²) in [6, 6.07) is 12.6. The number of aromatic nitrogens is 2. The highest BCUT2D eigenvalue weighted by Gasteiger charge is 2.13. The second-order valence-electron chi connectivity index (χ2n) is 6.57. The summed E-state index contributed by atoms with van der Waals surface area (Å²) in [5.74, 6) is -0.794. The van der Waals surface area contributed by atoms with Crippen molar-refractivity contribution < 1.29 is 9.18 Å². The van der Waals surface area contributed by atoms with E-state index in [4.69, 9.17) is 0 Å². The van der Waals surface area contributed by atoms with Crippen molar-refractivity contribution in [2.45, 2.75) is 27.3 Å². The van der Waals surface area contributed by atoms with Gasteiger partial charge in [-0.2, -0.15) is 5.10 Å². The van der Waals surface area contributed by atoms with Crippen LogP contribution >= 0.6 is 0 Å². The minimum absolute atomic E-state index is 0.0836. The Morgan fingerprint density at radius 3 is 2.44 bits per heavy atom. The summed E-state index contributed by atoms with van der Waals surface area (Å²) in [5, 5.41) is 7.00. The Balaban J connectivity index is 1.87. The molecule has 3 rings (SSSR count). The van der Waals surface area contributed by atoms with Crippen molar-refractivity contribution in [1.82, 2.24) is 9.78 Å². The lowest BCUT2D eigenvalue weighted by molar-refractivity contribution is 0.101. The van der Waals surface area contributed by atoms with Gasteiger partial charge in [0.05, 0.1) is 6.54 Å². The molecule has 0 fully saturated rings. The zero-order valence-electron chi connectivity index (χ0n) is 15.4. The summed E-state index contributed by atoms with van der Waals surface area (Å²) < 4.78 is 14.5. The number of benzene rings is 2. The number of amides is 1. The average Bonchev–Trinajstić information content (AvgIpc) is 2.60. The number of rotatable bonds is 4. The molecule has 1 amide bonds. The molecule has 0 bridgehead atoms. The molecule has 2 aromatic carbocycles. The first-order chi connectivity index (χ1) is 12.8. The van der Waals surface area contributed by atoms with Crippen LogP contribution in [0.2, 0.25) is 0 Å². The molecule has 0 atom stereocenters. The predicted octanol–water partition coefficient (Wildman–Crippen LogP) is 3.61. The summed E-state index contributed by atoms with van der Waals surface area (Å²) in [5.41, 5.74) is 4.10. The molecule has 5 nitrogen and oxygen atoms in total. The van der Waals surface area contributed by atoms with E-state index in [0.717, 1.165) is 27.1 Å². The molecule has 3 aromatic rings. The molecule has 0 aliphatic carbocycles. The lowest BCUT2D eigenvalue weighted by Gasteiger charge is -2.13. The number of nitrogens with zero attached hydrogens (tertiary/aromatic N) is 2. The molecule has 0 aliphatic rings. The molecule has 138 valence electrons. The van der Waals surface area contributed by atoms with Crippen molar-refractivity contribution in [1.29, 1.82) is 0 Å². The third kappa shape index (κ3) is 4.28. The topological polar surface area (TPSA) is 64.0 Å². The maximum atomic E-state index is 13.4. The van der Waals surface area contributed by atoms with Crippen molar-refractivity contribution in [3.8, 4) is 0 Å². The fourth-order valence-electron chi connectivity index (χ4n) is 3.05. The van der Waals surface area contributed by atoms with Crippen LogP contribution in [0.15, 0.2) is 53.3 Å². The fourth-order valence-corrected chi connectivity index (χ4v) is 3.05. The van der Waals surface area contributed by atoms with E-state index in [2.05, 4.69) is 10.4 Å². The molecule has 27 heavy (non-hydrogen) atoms. The van der Waals surface area contributed by atoms with Gasteiger partial charge in [-0.25, -0.2) is 9.07 Å². The minimum Gasteiger partial charge on any atom is -0.320 e. The monoisotopic (exact) mass is 365 g/mol. The molecule has 0 spiro atoms. The number of hydrogen-bond donors (Lipinski definition) is 1. The van der Waals surface area contributed by atoms with E-state index in [1.54, 1.807) is 12.1 Å². The lowest BCUT2D eigenvalue weighted by Crippen LogP contribution is -2.26. The predicted molar refractivity (Wildman–Crippen MR) is 103 cm³/mol. The van der Waals surface area contributed by atoms with Crippen LogP contribution in [0.1, 0.15) is 32.7 Å². The second-order valence-corrected chi connectivity index (χ2v) is 6.57. The minimum atomic E-state index is -0.405. The lowest BCUT2D eigenvalue weighted by atomic mass is 10.1. The van der Waals surface area contributed by atoms with E-state index in [9.17, 15) is 14.0 Å². The Morgan fingerprint density at radius 1 is 1.07 bits per heavy atom. The molecular weight excluding hydrogens is 345 g/mol. The summed E-state index contributed by atoms with van der Waals surface area (Å²) in [6.07, 6.45) is 0. The number of nitrogens with one attached hydrogen (secondary N) is 1. The van der Waals surface area contributed by atoms with Gasteiger partial charge in [-0.1, -0.05) is 29.8 Å². The van der Waals surface area contributed by atoms with Crippen LogP contribution in [0, 0.1) is 26.6 Å². The van der Waals surface area contributed by atoms with E-state index in [0.29, 0.717) is 5.56 Å². The summed E-state index contributed by atoms with van der Waals surface area (Å²) in [7, 11) is 0. The molecule has 0 saturated carbocycles. The summed E-state index contributed by atoms with van der Waals surface area (Å²) >= 11 is 0. The first-order valence-corrected chi connectivity index (χ1v) is 8.55. The Hall–Kier alpha value is -3.28. The molecule has 6 heteroatoms. The summed E-state index contributed by atoms with van der Waals surface area (Å²) in [6.45, 7) is 5.93. The van der Waals surface area contributed by atoms with Crippen LogP contribution in [0.4, 0.5) is 10.1 Å². The van der Waals surface area contributed by atoms with Gasteiger partial charge >= 0.3 is 0 Å². The quantitative estimate of drug-likeness (QED) is 0.768. The van der Waals surface area contributed by atoms with Gasteiger partial charge in [-0.15, -0.1) is 0 Å². The molecule has 0 radical (unpaired) electrons. The standard InChI is InChI=1S/C21H20FN3O2/c1-13-9-14(2)20(15(3)10-13)23-21(27)18-7-8-19(26)25(24-18)12-16-5-4-6-17(22)11-16/h4-11H,12H2,1-3H3,(H,23,27). The van der Waals surface area contributed by atoms with E-state index >= 15 is 0 Å². The van der Waals surface area contributed by atoms with Crippen LogP contribution in [0.5, 0.6) is 0 Å². The Labute approximate surface area is 156 Å². The van der Waals surface area contributed by atoms with Gasteiger partial charge < -0.3 is 5.32 Å². The average molecular weight is 365 g/mol. The normalized spacial score (nSPS) is 10.7. The van der Waals surface area contributed by atoms with Crippen LogP contribution in [-0.2, 0) is 6.54 Å². The molecule has 0 unspecified atom stereocenters. The molecule has 1 N–H and O–H groups in total. The zero-order chi connectivity index (χ0) is 19.6. The van der Waals surface area contributed by atoms with Crippen molar-refractivity contribution in [3.63, 3.8) is 0 Å². The number of hydrogen-bond acceptors (Lipinski definition) is 3. The molecule has 1 heterocycles. The largest absolute Gasteiger partial charge is 0.320 e. The van der Waals surface area contributed by atoms with E-state index < -0.39 is 5.91 Å². The number of carbonyl (C=O) groups is 1. The third-order valence-corrected chi connectivity index (χ3v) is 4.24. The molecule has 0 saturated heterocycles. The maximum Gasteiger partial charge on any atom is 0.276 e. The highest BCUT2D eigenvalue weighted by Crippen LogP contribution is 2.22. The van der Waals surface area contributed by atoms with E-state index in [-0.39, 0.29) is 23.6 Å². The second kappa shape index (κ2) is 7.53. The van der Waals surface area contributed by atoms with Crippen LogP contribution in [0.3, 0.4) is 0 Å². The number of carbonyl (C=O) groups excluding carboxylic acids is 1. The van der Waals surface area contributed by atoms with Gasteiger partial charge in [0.2, 0.25) is 0 Å². The SMILES string of the molecule is Cc1cc(C)c(NC(=O)c2ccc(=O)n(Cc3cccc(F)c3)n2)c(C)c1. The Bertz CT molecular complexity index is 1050. The van der Waals surface area contributed by atoms with Gasteiger partial charge in [-0.05, 0) is 55.7 Å². The van der Waals surface area contributed by atoms with E-state index in [1.807, 2.05) is 32.9 Å². The fraction of sp³-hybridized carbons (Fsp3) is 0.190. The first kappa shape index (κ1) is 18.5. The highest BCUT2D eigenvalue weighted by molar-refractivity contribution is 6.03. The van der Waals surface area contributed by atoms with E-state index in [1.165, 1.54) is 24.3 Å². The van der Waals surface area contributed by atoms with Crippen molar-refractivity contribution >= 4 is 11.6 Å². The Kier molecular flexibility index (Phi) is 5.16. The maximum absolute atomic E-state index is 13.4. The number of anilines is 1. The van der Waals surface area contributed by atoms with Gasteiger partial charge in [0.25, 0.3) is 11.5 Å². The van der Waals surface area contributed by atoms with Gasteiger partial charge in [-0.3, -0.25) is 9.59 Å². The van der Waals surface area contributed by atoms with Crippen LogP contribution in [-0.4, -0.2) is 15.7 Å². The van der Waals surface area contributed by atoms with Gasteiger partial charge in [0, 0.05) is 11.8 Å². The molecule has 0 aliphatic heterocycles. The van der Waals surface area contributed by atoms with Crippen LogP contribution in [0.25, 0.3) is 0 Å². The Morgan fingerprint density at radius 2 is 1.78 bits per heavy atom. The smallest absolute Gasteiger partial charge is 0.276 e. The summed E-state index contributed by atoms with van der Waals surface area (Å²) in [4.78, 5) is 24.7. The zero-order valence-corrected chi connectivity index (χ0v) is 15.4. The first-order valence-electron chi connectivity index (χ1n) is 8.55. The molecular formula is C21H20FN3O2. The number of aryl methyl sites for hydroxylation is 3. The highest BCUT2D eigenvalue weighted by atomic mass is 19.1. The van der Waals surface area contributed by atoms with Gasteiger partial charge in [0.1, 0.15) is 11.5 Å². The van der Waals surface area contributed by atoms with Crippen molar-refractivity contribution in [2.24, 2.45) is 0 Å². The molecule has 1 aromatic heterocycles. The van der Waals surface area contributed by atoms with Gasteiger partial charge in [0.15, 0.2) is 0 Å². The van der Waals surface area contributed by atoms with Crippen molar-refractivity contribution in [2.75, 3.05) is 5.32 Å². The third-order valence-electron chi connectivity index (χ3n) is 4.24. The van der Waals surface area contributed by atoms with Crippen LogP contribution < -0.4 is 10.9 Å². The van der Waals surface area contributed by atoms with Crippen molar-refractivity contribution in [3.05, 3.63) is 92.6 Å².